The molecule has 0 bridgehead atoms. The number of hydrogen-bond donors (Lipinski definition) is 1. The number of alkyl halides is 3. The van der Waals surface area contributed by atoms with Gasteiger partial charge in [0.05, 0.1) is 5.39 Å². The summed E-state index contributed by atoms with van der Waals surface area (Å²) in [6, 6.07) is 48.9. The van der Waals surface area contributed by atoms with Crippen LogP contribution in [0.25, 0.3) is 31.1 Å². The average molecular weight is 1050 g/mol. The second-order valence-electron chi connectivity index (χ2n) is 13.8. The molecule has 8 aromatic rings. The van der Waals surface area contributed by atoms with E-state index < -0.39 is 43.2 Å². The third-order valence-electron chi connectivity index (χ3n) is 10.1. The van der Waals surface area contributed by atoms with E-state index in [1.165, 1.54) is 23.5 Å². The van der Waals surface area contributed by atoms with Gasteiger partial charge in [0.1, 0.15) is 11.3 Å². The average Bonchev–Trinajstić information content (AvgIpc) is 3.67. The van der Waals surface area contributed by atoms with Crippen molar-refractivity contribution in [1.82, 2.24) is 0 Å². The second kappa shape index (κ2) is 21.8. The van der Waals surface area contributed by atoms with Crippen molar-refractivity contribution in [3.63, 3.8) is 0 Å². The van der Waals surface area contributed by atoms with Crippen molar-refractivity contribution in [1.29, 1.82) is 0 Å². The number of rotatable bonds is 9. The number of ketones is 1. The van der Waals surface area contributed by atoms with Crippen molar-refractivity contribution >= 4 is 83.8 Å². The van der Waals surface area contributed by atoms with Gasteiger partial charge in [0.15, 0.2) is 19.8 Å². The minimum absolute atomic E-state index is 0. The van der Waals surface area contributed by atoms with E-state index in [1.807, 2.05) is 172 Å². The van der Waals surface area contributed by atoms with E-state index in [0.717, 1.165) is 46.6 Å². The summed E-state index contributed by atoms with van der Waals surface area (Å²) in [5.74, 6) is -3.46. The van der Waals surface area contributed by atoms with Crippen LogP contribution in [0.15, 0.2) is 215 Å². The summed E-state index contributed by atoms with van der Waals surface area (Å²) < 4.78 is 71.8. The van der Waals surface area contributed by atoms with Gasteiger partial charge in [-0.2, -0.15) is 13.2 Å². The Balaban J connectivity index is 0.000000182. The van der Waals surface area contributed by atoms with Gasteiger partial charge in [-0.05, 0) is 32.0 Å². The number of carbonyl (C=O) groups excluding carboxylic acids is 1. The zero-order valence-electron chi connectivity index (χ0n) is 34.5. The number of fused-ring (bicyclic) bond motifs is 4. The van der Waals surface area contributed by atoms with Gasteiger partial charge in [-0.3, -0.25) is 4.79 Å². The van der Waals surface area contributed by atoms with Crippen LogP contribution in [0.5, 0.6) is 5.75 Å². The van der Waals surface area contributed by atoms with Crippen LogP contribution in [0.3, 0.4) is 0 Å². The van der Waals surface area contributed by atoms with Crippen molar-refractivity contribution in [2.45, 2.75) is 20.0 Å². The Morgan fingerprint density at radius 2 is 1.05 bits per heavy atom. The van der Waals surface area contributed by atoms with Crippen LogP contribution in [0.2, 0.25) is 0 Å². The van der Waals surface area contributed by atoms with E-state index >= 15 is 0 Å². The molecule has 8 rings (SSSR count). The predicted octanol–water partition coefficient (Wildman–Crippen LogP) is 12.8. The summed E-state index contributed by atoms with van der Waals surface area (Å²) in [6.07, 6.45) is 1.75. The molecule has 2 aromatic heterocycles. The molecule has 0 amide bonds. The van der Waals surface area contributed by atoms with Gasteiger partial charge >= 0.3 is 11.8 Å². The van der Waals surface area contributed by atoms with Gasteiger partial charge in [-0.1, -0.05) is 177 Å². The molecule has 0 aliphatic rings. The topological polar surface area (TPSA) is 102 Å². The van der Waals surface area contributed by atoms with E-state index in [0.29, 0.717) is 5.39 Å². The van der Waals surface area contributed by atoms with Crippen LogP contribution < -0.4 is 26.8 Å². The fourth-order valence-electron chi connectivity index (χ4n) is 7.05. The quantitative estimate of drug-likeness (QED) is 0.0669. The van der Waals surface area contributed by atoms with E-state index in [9.17, 15) is 37.0 Å². The molecule has 13 heteroatoms. The van der Waals surface area contributed by atoms with Gasteiger partial charge in [-0.15, -0.1) is 11.3 Å². The number of benzene rings is 6. The SMILES string of the molecule is C=C/C(=C\C)P(=O)(/C(C=C)=C/C)c1ccccc1.O=C(c1c(O)c2cc3c(cc2oc1=O)sc1ccccc13)C(F)(F)F.O=P(c1ccccc1)(c1ccccc1)c1ccccc1.[Eu]. The van der Waals surface area contributed by atoms with Gasteiger partial charge < -0.3 is 18.7 Å². The number of halogens is 3. The molecule has 1 radical (unpaired) electrons. The molecule has 6 aromatic carbocycles. The fraction of sp³-hybridized carbons (Fsp3) is 0.0588. The first-order chi connectivity index (χ1) is 30.2. The third kappa shape index (κ3) is 10.3. The molecule has 2 heterocycles. The molecule has 0 unspecified atom stereocenters. The first-order valence-corrected chi connectivity index (χ1v) is 23.7. The normalized spacial score (nSPS) is 12.8. The van der Waals surface area contributed by atoms with Crippen LogP contribution in [0, 0.1) is 49.4 Å². The summed E-state index contributed by atoms with van der Waals surface area (Å²) in [6.45, 7) is 11.3. The van der Waals surface area contributed by atoms with Crippen molar-refractivity contribution in [2.24, 2.45) is 0 Å². The van der Waals surface area contributed by atoms with Gasteiger partial charge in [-0.25, -0.2) is 4.79 Å². The van der Waals surface area contributed by atoms with Gasteiger partial charge in [0, 0.05) is 101 Å². The number of thiophene rings is 1. The first kappa shape index (κ1) is 50.0. The largest absolute Gasteiger partial charge is 0.506 e. The molecule has 0 fully saturated rings. The summed E-state index contributed by atoms with van der Waals surface area (Å²) in [7, 11) is -5.58. The van der Waals surface area contributed by atoms with Gasteiger partial charge in [0.2, 0.25) is 0 Å². The van der Waals surface area contributed by atoms with Crippen molar-refractivity contribution < 1.29 is 86.0 Å². The molecule has 64 heavy (non-hydrogen) atoms. The molecule has 0 saturated heterocycles. The zero-order chi connectivity index (χ0) is 45.4. The Bertz CT molecular complexity index is 3030. The first-order valence-electron chi connectivity index (χ1n) is 19.5. The fourth-order valence-corrected chi connectivity index (χ4v) is 13.6. The molecule has 6 nitrogen and oxygen atoms in total. The standard InChI is InChI=1S/C18H15OP.C17H7F3O4S.C16H19OP.Eu/c19-20(16-10-4-1-5-11-16,17-12-6-2-7-13-17)18-14-8-3-9-15-18;18-17(19,20)15(22)13-14(21)9-5-8-7-3-1-2-4-11(7)25-12(8)6-10(9)24-16(13)23;1-5-14(6-2)18(17,15(7-3)8-4)16-12-10-9-11-13-16;/h1-15H;1-6,21H;5-13H,1,3H2,2,4H3;/b;;14-6+,15-8+;. The molecule has 0 saturated carbocycles. The van der Waals surface area contributed by atoms with Crippen molar-refractivity contribution in [3.05, 3.63) is 222 Å². The van der Waals surface area contributed by atoms with E-state index in [1.54, 1.807) is 12.2 Å². The number of aromatic hydroxyl groups is 1. The Labute approximate surface area is 413 Å². The van der Waals surface area contributed by atoms with Crippen LogP contribution in [0.4, 0.5) is 13.2 Å². The third-order valence-corrected chi connectivity index (χ3v) is 17.6. The number of allylic oxidation sites excluding steroid dienone is 6. The molecule has 0 aliphatic heterocycles. The number of carbonyl (C=O) groups is 1. The zero-order valence-corrected chi connectivity index (χ0v) is 39.6. The summed E-state index contributed by atoms with van der Waals surface area (Å²) in [5, 5.41) is 16.5. The van der Waals surface area contributed by atoms with Crippen LogP contribution in [0.1, 0.15) is 24.2 Å². The maximum absolute atomic E-state index is 13.8. The minimum Gasteiger partial charge on any atom is -0.506 e. The van der Waals surface area contributed by atoms with Crippen LogP contribution >= 0.6 is 25.6 Å². The van der Waals surface area contributed by atoms with Crippen LogP contribution in [-0.4, -0.2) is 17.1 Å². The van der Waals surface area contributed by atoms with E-state index in [2.05, 4.69) is 13.2 Å². The Morgan fingerprint density at radius 3 is 1.47 bits per heavy atom. The molecule has 0 aliphatic carbocycles. The van der Waals surface area contributed by atoms with Crippen molar-refractivity contribution in [2.75, 3.05) is 0 Å². The van der Waals surface area contributed by atoms with Gasteiger partial charge in [0.25, 0.3) is 5.78 Å². The summed E-state index contributed by atoms with van der Waals surface area (Å²) in [4.78, 5) is 23.2. The smallest absolute Gasteiger partial charge is 0.455 e. The Hall–Kier alpha value is -4.99. The predicted molar refractivity (Wildman–Crippen MR) is 255 cm³/mol. The Kier molecular flexibility index (Phi) is 17.0. The van der Waals surface area contributed by atoms with E-state index in [4.69, 9.17) is 4.42 Å². The molecule has 325 valence electrons. The monoisotopic (exact) mass is 1050 g/mol. The number of Topliss-reactive ketones (excluding diaryl/α,β-unsaturated/α-hetero) is 1. The van der Waals surface area contributed by atoms with Crippen molar-refractivity contribution in [3.8, 4) is 5.75 Å². The number of hydrogen-bond acceptors (Lipinski definition) is 7. The molecule has 1 N–H and O–H groups in total. The summed E-state index contributed by atoms with van der Waals surface area (Å²) >= 11 is 1.41. The molecule has 0 spiro atoms. The van der Waals surface area contributed by atoms with Crippen LogP contribution in [-0.2, 0) is 9.13 Å². The molecule has 0 atom stereocenters. The molecular weight excluding hydrogens is 1010 g/mol. The maximum atomic E-state index is 13.8. The maximum Gasteiger partial charge on any atom is 0.455 e. The molecular formula is C51H41EuF3O6P2S. The minimum atomic E-state index is -5.29. The second-order valence-corrected chi connectivity index (χ2v) is 20.4. The van der Waals surface area contributed by atoms with E-state index in [-0.39, 0.29) is 60.3 Å². The summed E-state index contributed by atoms with van der Waals surface area (Å²) in [5.41, 5.74) is -3.01. The Morgan fingerprint density at radius 1 is 0.625 bits per heavy atom.